The first-order valence-electron chi connectivity index (χ1n) is 3.94. The van der Waals surface area contributed by atoms with Gasteiger partial charge in [-0.1, -0.05) is 11.6 Å². The molecule has 1 atom stereocenters. The molecule has 1 N–H and O–H groups in total. The SMILES string of the molecule is CC1COc2cc(Cl)ccc2N1. The van der Waals surface area contributed by atoms with Crippen LogP contribution in [0.5, 0.6) is 5.75 Å². The summed E-state index contributed by atoms with van der Waals surface area (Å²) < 4.78 is 5.47. The van der Waals surface area contributed by atoms with Gasteiger partial charge in [-0.3, -0.25) is 0 Å². The summed E-state index contributed by atoms with van der Waals surface area (Å²) in [6.07, 6.45) is 0. The van der Waals surface area contributed by atoms with Gasteiger partial charge >= 0.3 is 0 Å². The zero-order chi connectivity index (χ0) is 8.55. The monoisotopic (exact) mass is 183 g/mol. The van der Waals surface area contributed by atoms with Crippen molar-refractivity contribution in [1.29, 1.82) is 0 Å². The fourth-order valence-electron chi connectivity index (χ4n) is 1.26. The van der Waals surface area contributed by atoms with Crippen LogP contribution in [0.4, 0.5) is 5.69 Å². The van der Waals surface area contributed by atoms with Crippen LogP contribution in [0.15, 0.2) is 18.2 Å². The van der Waals surface area contributed by atoms with Crippen molar-refractivity contribution in [3.8, 4) is 5.75 Å². The number of hydrogen-bond donors (Lipinski definition) is 1. The van der Waals surface area contributed by atoms with Gasteiger partial charge in [-0.25, -0.2) is 0 Å². The van der Waals surface area contributed by atoms with Gasteiger partial charge in [0.05, 0.1) is 11.7 Å². The molecule has 1 aromatic carbocycles. The van der Waals surface area contributed by atoms with Crippen molar-refractivity contribution >= 4 is 17.3 Å². The van der Waals surface area contributed by atoms with Crippen molar-refractivity contribution in [3.05, 3.63) is 23.2 Å². The van der Waals surface area contributed by atoms with Crippen LogP contribution < -0.4 is 10.1 Å². The molecule has 0 aromatic heterocycles. The van der Waals surface area contributed by atoms with Crippen molar-refractivity contribution in [2.24, 2.45) is 0 Å². The van der Waals surface area contributed by atoms with Gasteiger partial charge in [0, 0.05) is 11.1 Å². The highest BCUT2D eigenvalue weighted by atomic mass is 35.5. The Hall–Kier alpha value is -0.890. The quantitative estimate of drug-likeness (QED) is 0.668. The summed E-state index contributed by atoms with van der Waals surface area (Å²) in [4.78, 5) is 0. The summed E-state index contributed by atoms with van der Waals surface area (Å²) in [6, 6.07) is 6.00. The van der Waals surface area contributed by atoms with E-state index >= 15 is 0 Å². The molecule has 1 aliphatic rings. The van der Waals surface area contributed by atoms with Crippen molar-refractivity contribution in [1.82, 2.24) is 0 Å². The Kier molecular flexibility index (Phi) is 1.85. The molecule has 64 valence electrons. The lowest BCUT2D eigenvalue weighted by Crippen LogP contribution is -2.28. The molecular formula is C9H10ClNO. The van der Waals surface area contributed by atoms with Crippen LogP contribution in [0.1, 0.15) is 6.92 Å². The van der Waals surface area contributed by atoms with Gasteiger partial charge in [0.25, 0.3) is 0 Å². The minimum absolute atomic E-state index is 0.374. The van der Waals surface area contributed by atoms with Crippen LogP contribution >= 0.6 is 11.6 Å². The molecule has 3 heteroatoms. The predicted octanol–water partition coefficient (Wildman–Crippen LogP) is 2.53. The molecule has 1 aromatic rings. The van der Waals surface area contributed by atoms with E-state index in [9.17, 15) is 0 Å². The fourth-order valence-corrected chi connectivity index (χ4v) is 1.42. The Balaban J connectivity index is 2.37. The molecule has 0 bridgehead atoms. The highest BCUT2D eigenvalue weighted by molar-refractivity contribution is 6.30. The van der Waals surface area contributed by atoms with E-state index in [1.165, 1.54) is 0 Å². The number of nitrogens with one attached hydrogen (secondary N) is 1. The number of rotatable bonds is 0. The highest BCUT2D eigenvalue weighted by Gasteiger charge is 2.14. The first-order chi connectivity index (χ1) is 5.75. The second-order valence-corrected chi connectivity index (χ2v) is 3.43. The maximum atomic E-state index is 5.81. The van der Waals surface area contributed by atoms with Gasteiger partial charge in [-0.15, -0.1) is 0 Å². The second kappa shape index (κ2) is 2.87. The first-order valence-corrected chi connectivity index (χ1v) is 4.32. The topological polar surface area (TPSA) is 21.3 Å². The summed E-state index contributed by atoms with van der Waals surface area (Å²) in [7, 11) is 0. The van der Waals surface area contributed by atoms with E-state index in [1.54, 1.807) is 0 Å². The maximum Gasteiger partial charge on any atom is 0.143 e. The molecule has 1 heterocycles. The number of hydrogen-bond acceptors (Lipinski definition) is 2. The zero-order valence-corrected chi connectivity index (χ0v) is 7.56. The van der Waals surface area contributed by atoms with Crippen molar-refractivity contribution < 1.29 is 4.74 Å². The number of fused-ring (bicyclic) bond motifs is 1. The zero-order valence-electron chi connectivity index (χ0n) is 6.80. The Bertz CT molecular complexity index is 301. The van der Waals surface area contributed by atoms with E-state index in [0.717, 1.165) is 11.4 Å². The molecule has 12 heavy (non-hydrogen) atoms. The smallest absolute Gasteiger partial charge is 0.143 e. The summed E-state index contributed by atoms with van der Waals surface area (Å²) >= 11 is 5.81. The lowest BCUT2D eigenvalue weighted by atomic mass is 10.2. The van der Waals surface area contributed by atoms with Crippen LogP contribution in [0.3, 0.4) is 0 Å². The largest absolute Gasteiger partial charge is 0.489 e. The van der Waals surface area contributed by atoms with Gasteiger partial charge in [-0.2, -0.15) is 0 Å². The molecule has 0 radical (unpaired) electrons. The molecule has 0 fully saturated rings. The van der Waals surface area contributed by atoms with Crippen LogP contribution in [-0.4, -0.2) is 12.6 Å². The molecule has 2 rings (SSSR count). The standard InChI is InChI=1S/C9H10ClNO/c1-6-5-12-9-4-7(10)2-3-8(9)11-6/h2-4,6,11H,5H2,1H3. The number of anilines is 1. The third kappa shape index (κ3) is 1.34. The molecule has 2 nitrogen and oxygen atoms in total. The summed E-state index contributed by atoms with van der Waals surface area (Å²) in [5.41, 5.74) is 1.03. The average molecular weight is 184 g/mol. The van der Waals surface area contributed by atoms with Crippen molar-refractivity contribution in [2.75, 3.05) is 11.9 Å². The van der Waals surface area contributed by atoms with Crippen LogP contribution in [0, 0.1) is 0 Å². The lowest BCUT2D eigenvalue weighted by molar-refractivity contribution is 0.292. The summed E-state index contributed by atoms with van der Waals surface area (Å²) in [6.45, 7) is 2.78. The molecule has 0 saturated carbocycles. The number of halogens is 1. The van der Waals surface area contributed by atoms with E-state index in [2.05, 4.69) is 12.2 Å². The molecule has 0 amide bonds. The van der Waals surface area contributed by atoms with Crippen LogP contribution in [-0.2, 0) is 0 Å². The van der Waals surface area contributed by atoms with Gasteiger partial charge in [0.1, 0.15) is 12.4 Å². The van der Waals surface area contributed by atoms with Gasteiger partial charge in [0.2, 0.25) is 0 Å². The van der Waals surface area contributed by atoms with Crippen LogP contribution in [0.2, 0.25) is 5.02 Å². The molecular weight excluding hydrogens is 174 g/mol. The minimum Gasteiger partial charge on any atom is -0.489 e. The van der Waals surface area contributed by atoms with E-state index in [0.29, 0.717) is 17.7 Å². The maximum absolute atomic E-state index is 5.81. The Morgan fingerprint density at radius 1 is 1.58 bits per heavy atom. The molecule has 0 aliphatic carbocycles. The second-order valence-electron chi connectivity index (χ2n) is 3.00. The van der Waals surface area contributed by atoms with E-state index in [4.69, 9.17) is 16.3 Å². The summed E-state index contributed by atoms with van der Waals surface area (Å²) in [5.74, 6) is 0.848. The predicted molar refractivity (Wildman–Crippen MR) is 50.0 cm³/mol. The molecule has 1 unspecified atom stereocenters. The van der Waals surface area contributed by atoms with Gasteiger partial charge in [0.15, 0.2) is 0 Å². The average Bonchev–Trinajstić information content (AvgIpc) is 2.05. The van der Waals surface area contributed by atoms with Crippen molar-refractivity contribution in [2.45, 2.75) is 13.0 Å². The van der Waals surface area contributed by atoms with Gasteiger partial charge in [-0.05, 0) is 19.1 Å². The van der Waals surface area contributed by atoms with Gasteiger partial charge < -0.3 is 10.1 Å². The Labute approximate surface area is 76.5 Å². The first kappa shape index (κ1) is 7.74. The molecule has 1 aliphatic heterocycles. The van der Waals surface area contributed by atoms with Crippen LogP contribution in [0.25, 0.3) is 0 Å². The minimum atomic E-state index is 0.374. The third-order valence-electron chi connectivity index (χ3n) is 1.83. The Morgan fingerprint density at radius 3 is 3.25 bits per heavy atom. The van der Waals surface area contributed by atoms with E-state index in [1.807, 2.05) is 18.2 Å². The Morgan fingerprint density at radius 2 is 2.42 bits per heavy atom. The molecule has 0 saturated heterocycles. The fraction of sp³-hybridized carbons (Fsp3) is 0.333. The van der Waals surface area contributed by atoms with E-state index in [-0.39, 0.29) is 0 Å². The lowest BCUT2D eigenvalue weighted by Gasteiger charge is -2.24. The molecule has 0 spiro atoms. The van der Waals surface area contributed by atoms with E-state index < -0.39 is 0 Å². The van der Waals surface area contributed by atoms with Crippen molar-refractivity contribution in [3.63, 3.8) is 0 Å². The number of ether oxygens (including phenoxy) is 1. The highest BCUT2D eigenvalue weighted by Crippen LogP contribution is 2.31. The number of benzene rings is 1. The summed E-state index contributed by atoms with van der Waals surface area (Å²) in [5, 5.41) is 4.02. The normalized spacial score (nSPS) is 20.7. The third-order valence-corrected chi connectivity index (χ3v) is 2.07.